The molecule has 3 aliphatic carbocycles. The molecule has 24 heteroatoms. The van der Waals surface area contributed by atoms with E-state index in [1.165, 1.54) is 36.7 Å². The first-order chi connectivity index (χ1) is 42.2. The number of guanidine groups is 1. The summed E-state index contributed by atoms with van der Waals surface area (Å²) in [5, 5.41) is 145. The number of imidazole rings is 1. The number of carbonyl (C=O) groups excluding carboxylic acids is 2. The number of carbonyl (C=O) groups is 3. The van der Waals surface area contributed by atoms with Crippen LogP contribution < -0.4 is 26.0 Å². The number of aryl methyl sites for hydroxylation is 1. The van der Waals surface area contributed by atoms with Crippen LogP contribution in [0, 0.1) is 17.8 Å². The number of hydrogen-bond donors (Lipinski definition) is 16. The van der Waals surface area contributed by atoms with Gasteiger partial charge in [0.25, 0.3) is 5.91 Å². The summed E-state index contributed by atoms with van der Waals surface area (Å²) in [5.74, 6) is -12.9. The van der Waals surface area contributed by atoms with Gasteiger partial charge < -0.3 is 96.9 Å². The number of aromatic amines is 1. The van der Waals surface area contributed by atoms with Crippen molar-refractivity contribution in [2.75, 3.05) is 31.7 Å². The lowest BCUT2D eigenvalue weighted by Gasteiger charge is -2.58. The zero-order valence-corrected chi connectivity index (χ0v) is 48.5. The van der Waals surface area contributed by atoms with Crippen molar-refractivity contribution in [1.29, 1.82) is 0 Å². The Morgan fingerprint density at radius 3 is 2.47 bits per heavy atom. The van der Waals surface area contributed by atoms with Gasteiger partial charge in [0.05, 0.1) is 43.0 Å². The summed E-state index contributed by atoms with van der Waals surface area (Å²) in [7, 11) is 1.64. The topological polar surface area (TPSA) is 407 Å². The van der Waals surface area contributed by atoms with Crippen LogP contribution in [0.4, 0.5) is 5.69 Å². The Hall–Kier alpha value is -7.91. The zero-order valence-electron chi connectivity index (χ0n) is 48.5. The van der Waals surface area contributed by atoms with Gasteiger partial charge in [-0.25, -0.2) is 14.8 Å². The Bertz CT molecular complexity index is 3470. The monoisotopic (exact) mass is 1220 g/mol. The number of carboxylic acids is 1. The average Bonchev–Trinajstić information content (AvgIpc) is 1.46. The summed E-state index contributed by atoms with van der Waals surface area (Å²) in [4.78, 5) is 55.3. The van der Waals surface area contributed by atoms with Crippen LogP contribution in [0.5, 0.6) is 28.7 Å². The summed E-state index contributed by atoms with van der Waals surface area (Å²) in [6.45, 7) is -0.730. The van der Waals surface area contributed by atoms with Crippen LogP contribution in [0.25, 0.3) is 6.08 Å². The molecule has 2 aliphatic heterocycles. The van der Waals surface area contributed by atoms with Crippen molar-refractivity contribution in [2.24, 2.45) is 28.5 Å². The number of nitrogens with one attached hydrogen (secondary N) is 3. The van der Waals surface area contributed by atoms with E-state index in [4.69, 9.17) is 15.2 Å². The lowest BCUT2D eigenvalue weighted by atomic mass is 9.45. The van der Waals surface area contributed by atoms with Crippen molar-refractivity contribution < 1.29 is 85.1 Å². The molecule has 24 nitrogen and oxygen atoms in total. The molecule has 0 bridgehead atoms. The van der Waals surface area contributed by atoms with Crippen molar-refractivity contribution >= 4 is 35.9 Å². The van der Waals surface area contributed by atoms with Gasteiger partial charge >= 0.3 is 11.9 Å². The number of aliphatic hydroxyl groups is 7. The molecular formula is C64H77N7O17. The molecule has 1 saturated heterocycles. The van der Waals surface area contributed by atoms with Crippen LogP contribution in [-0.2, 0) is 50.3 Å². The number of ether oxygens (including phenoxy) is 2. The maximum absolute atomic E-state index is 15.8. The molecule has 0 radical (unpaired) electrons. The SMILES string of the molecule is CN[C@H](C=O)Cc1nc[nH]c1Cc1cc(/C=C/C(=O)N2c3cc(O[C@]4(O)O[C@H](CO)[C@@H](O)[C@H](O)[C@H]4O)c(O)c(O)c3[C@H]3[C@H]([C@@]45c6c(O)cccc6CC[C@H]4CCC[C@@H]5CO)C(CC[C@H](O)CCCNC(N)=NCc4ccccc4)=C[C@]32C(=O)O)ccc1O. The highest BCUT2D eigenvalue weighted by Gasteiger charge is 2.72. The van der Waals surface area contributed by atoms with Crippen molar-refractivity contribution in [2.45, 2.75) is 137 Å². The minimum absolute atomic E-state index is 0.00367. The smallest absolute Gasteiger partial charge is 0.355 e. The largest absolute Gasteiger partial charge is 0.508 e. The molecule has 470 valence electrons. The van der Waals surface area contributed by atoms with Gasteiger partial charge in [0.2, 0.25) is 5.75 Å². The first-order valence-electron chi connectivity index (χ1n) is 29.7. The number of aliphatic carboxylic acids is 1. The fraction of sp³-hybridized carbons (Fsp3) is 0.453. The number of H-pyrrole nitrogens is 1. The van der Waals surface area contributed by atoms with Crippen molar-refractivity contribution in [3.63, 3.8) is 0 Å². The second kappa shape index (κ2) is 26.0. The number of hydrogen-bond acceptors (Lipinski definition) is 19. The molecule has 13 atom stereocenters. The highest BCUT2D eigenvalue weighted by molar-refractivity contribution is 6.14. The predicted octanol–water partition coefficient (Wildman–Crippen LogP) is 2.49. The average molecular weight is 1220 g/mol. The van der Waals surface area contributed by atoms with Crippen LogP contribution in [-0.4, -0.2) is 170 Å². The van der Waals surface area contributed by atoms with Gasteiger partial charge in [0, 0.05) is 77.8 Å². The predicted molar refractivity (Wildman–Crippen MR) is 319 cm³/mol. The van der Waals surface area contributed by atoms with E-state index in [-0.39, 0.29) is 66.7 Å². The third-order valence-corrected chi connectivity index (χ3v) is 18.8. The molecule has 10 rings (SSSR count). The van der Waals surface area contributed by atoms with Gasteiger partial charge in [-0.1, -0.05) is 60.5 Å². The number of likely N-dealkylation sites (N-methyl/N-ethyl adjacent to an activating group) is 1. The number of nitrogens with zero attached hydrogens (tertiary/aromatic N) is 3. The van der Waals surface area contributed by atoms with E-state index in [1.54, 1.807) is 19.2 Å². The number of aliphatic hydroxyl groups excluding tert-OH is 6. The number of fused-ring (bicyclic) bond motifs is 6. The number of phenols is 4. The number of rotatable bonds is 23. The molecule has 2 fully saturated rings. The van der Waals surface area contributed by atoms with Crippen LogP contribution in [0.3, 0.4) is 0 Å². The van der Waals surface area contributed by atoms with E-state index in [0.29, 0.717) is 85.3 Å². The van der Waals surface area contributed by atoms with Gasteiger partial charge in [-0.15, -0.1) is 0 Å². The number of phenolic OH excluding ortho intramolecular Hbond substituents is 4. The number of benzene rings is 4. The summed E-state index contributed by atoms with van der Waals surface area (Å²) in [6, 6.07) is 19.6. The molecule has 1 saturated carbocycles. The van der Waals surface area contributed by atoms with Crippen LogP contribution >= 0.6 is 0 Å². The van der Waals surface area contributed by atoms with Crippen molar-refractivity contribution in [1.82, 2.24) is 20.6 Å². The fourth-order valence-corrected chi connectivity index (χ4v) is 14.7. The maximum atomic E-state index is 15.8. The third-order valence-electron chi connectivity index (χ3n) is 18.8. The number of aldehydes is 1. The van der Waals surface area contributed by atoms with E-state index in [9.17, 15) is 66.1 Å². The Labute approximate surface area is 507 Å². The molecular weight excluding hydrogens is 1140 g/mol. The number of carboxylic acid groups (broad SMARTS) is 1. The summed E-state index contributed by atoms with van der Waals surface area (Å²) < 4.78 is 11.1. The molecule has 5 aliphatic rings. The lowest BCUT2D eigenvalue weighted by Crippen LogP contribution is -2.67. The Morgan fingerprint density at radius 1 is 0.955 bits per heavy atom. The number of aromatic nitrogens is 2. The lowest BCUT2D eigenvalue weighted by molar-refractivity contribution is -0.422. The van der Waals surface area contributed by atoms with Crippen LogP contribution in [0.15, 0.2) is 102 Å². The van der Waals surface area contributed by atoms with Crippen molar-refractivity contribution in [3.8, 4) is 28.7 Å². The number of nitrogens with two attached hydrogens (primary N) is 1. The fourth-order valence-electron chi connectivity index (χ4n) is 14.7. The summed E-state index contributed by atoms with van der Waals surface area (Å²) in [5.41, 5.74) is 6.08. The molecule has 1 amide bonds. The van der Waals surface area contributed by atoms with E-state index < -0.39 is 114 Å². The number of amides is 1. The van der Waals surface area contributed by atoms with Gasteiger partial charge in [0.1, 0.15) is 36.1 Å². The molecule has 4 aromatic carbocycles. The first kappa shape index (κ1) is 63.1. The molecule has 0 spiro atoms. The van der Waals surface area contributed by atoms with Gasteiger partial charge in [0.15, 0.2) is 29.1 Å². The number of aromatic hydroxyl groups is 4. The molecule has 0 unspecified atom stereocenters. The molecule has 3 heterocycles. The first-order valence-corrected chi connectivity index (χ1v) is 29.7. The minimum Gasteiger partial charge on any atom is -0.508 e. The summed E-state index contributed by atoms with van der Waals surface area (Å²) in [6.07, 6.45) is 0.457. The van der Waals surface area contributed by atoms with Gasteiger partial charge in [-0.05, 0) is 117 Å². The normalized spacial score (nSPS) is 28.1. The summed E-state index contributed by atoms with van der Waals surface area (Å²) >= 11 is 0. The highest BCUT2D eigenvalue weighted by Crippen LogP contribution is 2.72. The van der Waals surface area contributed by atoms with E-state index in [2.05, 4.69) is 25.6 Å². The number of allylic oxidation sites excluding steroid dienone is 1. The standard InChI is InChI=1S/C64H77N7O17/c1-66-41(31-73)26-44-43(69-33-70-44)25-38-24-34(15-21-46(38)76)16-22-50(78)71-45-27-48(87-64(86)59(83)58(82)56(80)49(32-74)88-64)55(79)57(81)51(45)54-53(63-39(11-6-12-40(63)30-72)19-17-36-10-5-14-47(77)52(36)63)37(28-62(54,71)60(84)85)18-20-42(75)13-7-23-67-61(65)68-29-35-8-3-2-4-9-35/h2-5,8-10,14-16,21-22,24,27-28,31,33,39-42,49,53-54,56,58-59,66,72,74-77,79-83,86H,6-7,11-13,17-20,23,25-26,29-30,32H2,1H3,(H,69,70)(H,84,85)(H3,65,67,68)/b22-16+/t39-,40-,41+,42-,49-,53-,54+,56-,58+,59-,62-,63+,64+/m1/s1. The maximum Gasteiger partial charge on any atom is 0.355 e. The van der Waals surface area contributed by atoms with E-state index in [1.807, 2.05) is 36.4 Å². The van der Waals surface area contributed by atoms with Crippen LogP contribution in [0.2, 0.25) is 0 Å². The third kappa shape index (κ3) is 11.5. The van der Waals surface area contributed by atoms with Crippen LogP contribution in [0.1, 0.15) is 102 Å². The molecule has 88 heavy (non-hydrogen) atoms. The van der Waals surface area contributed by atoms with Gasteiger partial charge in [-0.2, -0.15) is 0 Å². The second-order valence-corrected chi connectivity index (χ2v) is 23.7. The quantitative estimate of drug-likeness (QED) is 0.00653. The Balaban J connectivity index is 1.10. The highest BCUT2D eigenvalue weighted by atomic mass is 16.8. The van der Waals surface area contributed by atoms with Gasteiger partial charge in [-0.3, -0.25) is 9.69 Å². The van der Waals surface area contributed by atoms with Crippen molar-refractivity contribution in [3.05, 3.63) is 142 Å². The number of aliphatic imine (C=N–C) groups is 1. The minimum atomic E-state index is -3.38. The number of anilines is 1. The zero-order chi connectivity index (χ0) is 62.8. The molecule has 5 aromatic rings. The van der Waals surface area contributed by atoms with E-state index in [0.717, 1.165) is 34.5 Å². The molecule has 17 N–H and O–H groups in total. The Morgan fingerprint density at radius 2 is 1.74 bits per heavy atom. The Kier molecular flexibility index (Phi) is 18.7. The van der Waals surface area contributed by atoms with E-state index >= 15 is 9.59 Å². The second-order valence-electron chi connectivity index (χ2n) is 23.7. The molecule has 1 aromatic heterocycles.